The van der Waals surface area contributed by atoms with Crippen molar-refractivity contribution in [1.82, 2.24) is 0 Å². The fraction of sp³-hybridized carbons (Fsp3) is 0. The van der Waals surface area contributed by atoms with Crippen LogP contribution in [-0.4, -0.2) is 27.5 Å². The van der Waals surface area contributed by atoms with Crippen LogP contribution in [-0.2, 0) is 54.2 Å². The van der Waals surface area contributed by atoms with Gasteiger partial charge >= 0.3 is 40.8 Å². The summed E-state index contributed by atoms with van der Waals surface area (Å²) >= 11 is 0. The van der Waals surface area contributed by atoms with Crippen molar-refractivity contribution in [2.75, 3.05) is 0 Å². The molecule has 0 aliphatic carbocycles. The van der Waals surface area contributed by atoms with Crippen LogP contribution in [0.5, 0.6) is 0 Å². The molecule has 0 aromatic carbocycles. The van der Waals surface area contributed by atoms with Gasteiger partial charge < -0.3 is 42.2 Å². The van der Waals surface area contributed by atoms with Crippen LogP contribution in [0.1, 0.15) is 0 Å². The summed E-state index contributed by atoms with van der Waals surface area (Å²) in [6.45, 7) is 0. The first-order chi connectivity index (χ1) is 5.20. The van der Waals surface area contributed by atoms with Crippen molar-refractivity contribution in [3.05, 3.63) is 0 Å². The third-order valence-corrected chi connectivity index (χ3v) is 0. The minimum Gasteiger partial charge on any atom is -0.672 e. The summed E-state index contributed by atoms with van der Waals surface area (Å²) in [5.74, 6) is 0. The summed E-state index contributed by atoms with van der Waals surface area (Å²) in [7, 11) is -10.9. The quantitative estimate of drug-likeness (QED) is 0.243. The Labute approximate surface area is 110 Å². The molecule has 0 unspecified atom stereocenters. The Morgan fingerprint density at radius 3 is 0.500 bits per heavy atom. The minimum absolute atomic E-state index is 0. The number of rotatable bonds is 0. The Morgan fingerprint density at radius 2 is 0.500 bits per heavy atom. The second kappa shape index (κ2) is 23.2. The monoisotopic (exact) mass is 602 g/mol. The molecule has 14 heteroatoms. The molecule has 0 bridgehead atoms. The molecular weight excluding hydrogens is 601 g/mol. The van der Waals surface area contributed by atoms with Gasteiger partial charge in [-0.3, -0.25) is 0 Å². The van der Waals surface area contributed by atoms with Gasteiger partial charge in [0.1, 0.15) is 0 Å². The van der Waals surface area contributed by atoms with Crippen molar-refractivity contribution in [2.24, 2.45) is 0 Å². The van der Waals surface area contributed by atoms with E-state index in [1.165, 1.54) is 0 Å². The zero-order valence-electron chi connectivity index (χ0n) is 5.93. The average molecular weight is 601 g/mol. The molecule has 0 heterocycles. The molecule has 0 aliphatic rings. The fourth-order valence-electron chi connectivity index (χ4n) is 0. The van der Waals surface area contributed by atoms with E-state index in [1.807, 2.05) is 0 Å². The molecule has 0 radical (unpaired) electrons. The van der Waals surface area contributed by atoms with Crippen LogP contribution in [0.15, 0.2) is 0 Å². The molecule has 80 valence electrons. The smallest absolute Gasteiger partial charge is 0.672 e. The van der Waals surface area contributed by atoms with Crippen LogP contribution in [0.3, 0.4) is 0 Å². The molecule has 0 atom stereocenters. The Bertz CT molecular complexity index is 116. The first kappa shape index (κ1) is 29.2. The van der Waals surface area contributed by atoms with E-state index in [0.29, 0.717) is 0 Å². The molecule has 0 rings (SSSR count). The van der Waals surface area contributed by atoms with Gasteiger partial charge in [-0.25, -0.2) is 0 Å². The third-order valence-electron chi connectivity index (χ3n) is 0. The standard InChI is InChI=1S/3O3Si.2Re/c3*1-4(2)3;;/q3*-2;2*+3. The molecular formula is O9Re2Si3. The van der Waals surface area contributed by atoms with Crippen LogP contribution >= 0.6 is 0 Å². The molecule has 0 fully saturated rings. The number of hydrogen-bond acceptors (Lipinski definition) is 9. The summed E-state index contributed by atoms with van der Waals surface area (Å²) in [5, 5.41) is 0. The van der Waals surface area contributed by atoms with Crippen LogP contribution in [0.4, 0.5) is 0 Å². The molecule has 9 nitrogen and oxygen atoms in total. The Balaban J connectivity index is -0.0000000270. The van der Waals surface area contributed by atoms with Crippen LogP contribution in [0, 0.1) is 0 Å². The van der Waals surface area contributed by atoms with Crippen LogP contribution in [0.25, 0.3) is 0 Å². The molecule has 0 aromatic rings. The SMILES string of the molecule is O=[Si]([O-])[O-].O=[Si]([O-])[O-].O=[Si]([O-])[O-].[Re+3].[Re+3]. The summed E-state index contributed by atoms with van der Waals surface area (Å²) in [5.41, 5.74) is 0. The average Bonchev–Trinajstić information content (AvgIpc) is 1.54. The fourth-order valence-corrected chi connectivity index (χ4v) is 0. The Hall–Kier alpha value is 0.175. The predicted molar refractivity (Wildman–Crippen MR) is 19.3 cm³/mol. The first-order valence-corrected chi connectivity index (χ1v) is 5.51. The Morgan fingerprint density at radius 1 is 0.500 bits per heavy atom. The molecule has 0 saturated carbocycles. The second-order valence-electron chi connectivity index (χ2n) is 0.750. The van der Waals surface area contributed by atoms with Crippen LogP contribution < -0.4 is 28.8 Å². The zero-order chi connectivity index (χ0) is 10.7. The summed E-state index contributed by atoms with van der Waals surface area (Å²) < 4.78 is 25.6. The van der Waals surface area contributed by atoms with Gasteiger partial charge in [0.05, 0.1) is 0 Å². The normalized spacial score (nSPS) is 5.14. The predicted octanol–water partition coefficient (Wildman–Crippen LogP) is -8.64. The van der Waals surface area contributed by atoms with Gasteiger partial charge in [-0.1, -0.05) is 0 Å². The van der Waals surface area contributed by atoms with E-state index < -0.39 is 27.5 Å². The van der Waals surface area contributed by atoms with Crippen molar-refractivity contribution in [3.8, 4) is 0 Å². The summed E-state index contributed by atoms with van der Waals surface area (Å²) in [6.07, 6.45) is 0. The van der Waals surface area contributed by atoms with Crippen molar-refractivity contribution in [3.63, 3.8) is 0 Å². The van der Waals surface area contributed by atoms with Gasteiger partial charge in [-0.2, -0.15) is 0 Å². The van der Waals surface area contributed by atoms with E-state index in [9.17, 15) is 0 Å². The van der Waals surface area contributed by atoms with Gasteiger partial charge in [0.25, 0.3) is 0 Å². The topological polar surface area (TPSA) is 190 Å². The van der Waals surface area contributed by atoms with E-state index in [0.717, 1.165) is 0 Å². The van der Waals surface area contributed by atoms with Crippen molar-refractivity contribution >= 4 is 27.5 Å². The maximum atomic E-state index is 8.52. The van der Waals surface area contributed by atoms with Crippen molar-refractivity contribution in [2.45, 2.75) is 0 Å². The minimum atomic E-state index is -3.63. The van der Waals surface area contributed by atoms with E-state index >= 15 is 0 Å². The second-order valence-corrected chi connectivity index (χ2v) is 2.25. The molecule has 0 amide bonds. The van der Waals surface area contributed by atoms with E-state index in [1.54, 1.807) is 0 Å². The molecule has 0 spiro atoms. The van der Waals surface area contributed by atoms with E-state index in [2.05, 4.69) is 0 Å². The molecule has 0 aromatic heterocycles. The van der Waals surface area contributed by atoms with Gasteiger partial charge in [-0.05, 0) is 0 Å². The summed E-state index contributed by atoms with van der Waals surface area (Å²) in [4.78, 5) is 51.1. The first-order valence-electron chi connectivity index (χ1n) is 1.84. The van der Waals surface area contributed by atoms with E-state index in [-0.39, 0.29) is 40.8 Å². The third kappa shape index (κ3) is 49500. The number of hydrogen-bond donors (Lipinski definition) is 0. The maximum Gasteiger partial charge on any atom is 3.00 e. The van der Waals surface area contributed by atoms with E-state index in [4.69, 9.17) is 42.2 Å². The molecule has 0 aliphatic heterocycles. The van der Waals surface area contributed by atoms with Gasteiger partial charge in [0.2, 0.25) is 0 Å². The van der Waals surface area contributed by atoms with Gasteiger partial charge in [0.15, 0.2) is 0 Å². The Kier molecular flexibility index (Phi) is 48.4. The van der Waals surface area contributed by atoms with Gasteiger partial charge in [0, 0.05) is 27.5 Å². The van der Waals surface area contributed by atoms with Crippen molar-refractivity contribution < 1.29 is 83.0 Å². The zero-order valence-corrected chi connectivity index (χ0v) is 14.4. The van der Waals surface area contributed by atoms with Crippen LogP contribution in [0.2, 0.25) is 0 Å². The maximum absolute atomic E-state index is 8.52. The van der Waals surface area contributed by atoms with Gasteiger partial charge in [-0.15, -0.1) is 0 Å². The molecule has 14 heavy (non-hydrogen) atoms. The van der Waals surface area contributed by atoms with Crippen molar-refractivity contribution in [1.29, 1.82) is 0 Å². The molecule has 0 saturated heterocycles. The largest absolute Gasteiger partial charge is 3.00 e. The molecule has 0 N–H and O–H groups in total. The summed E-state index contributed by atoms with van der Waals surface area (Å²) in [6, 6.07) is 0.